The molecule has 0 bridgehead atoms. The van der Waals surface area contributed by atoms with Gasteiger partial charge in [-0.05, 0) is 18.2 Å². The second kappa shape index (κ2) is 4.73. The summed E-state index contributed by atoms with van der Waals surface area (Å²) in [6.45, 7) is 1.31. The Bertz CT molecular complexity index is 633. The molecule has 7 heteroatoms. The number of rotatable bonds is 2. The van der Waals surface area contributed by atoms with Gasteiger partial charge in [0.1, 0.15) is 10.8 Å². The minimum atomic E-state index is -4.55. The van der Waals surface area contributed by atoms with E-state index in [9.17, 15) is 22.4 Å². The van der Waals surface area contributed by atoms with E-state index in [0.717, 1.165) is 17.4 Å². The molecule has 1 aromatic heterocycles. The number of alkyl halides is 3. The normalized spacial score (nSPS) is 11.6. The second-order valence-electron chi connectivity index (χ2n) is 3.78. The van der Waals surface area contributed by atoms with Crippen LogP contribution in [0.1, 0.15) is 22.2 Å². The molecule has 19 heavy (non-hydrogen) atoms. The molecule has 0 aliphatic rings. The van der Waals surface area contributed by atoms with Crippen LogP contribution in [0.2, 0.25) is 0 Å². The lowest BCUT2D eigenvalue weighted by Gasteiger charge is -2.08. The second-order valence-corrected chi connectivity index (χ2v) is 4.81. The fourth-order valence-electron chi connectivity index (χ4n) is 1.43. The molecule has 1 aromatic carbocycles. The van der Waals surface area contributed by atoms with Gasteiger partial charge in [0, 0.05) is 18.7 Å². The number of carbonyl (C=O) groups is 1. The van der Waals surface area contributed by atoms with Gasteiger partial charge in [-0.1, -0.05) is 0 Å². The minimum Gasteiger partial charge on any atom is -0.294 e. The molecule has 0 spiro atoms. The maximum absolute atomic E-state index is 13.6. The summed E-state index contributed by atoms with van der Waals surface area (Å²) in [6, 6.07) is 2.10. The van der Waals surface area contributed by atoms with E-state index in [0.29, 0.717) is 12.1 Å². The highest BCUT2D eigenvalue weighted by atomic mass is 32.1. The molecular formula is C12H7F4NOS. The molecule has 0 radical (unpaired) electrons. The molecule has 1 heterocycles. The van der Waals surface area contributed by atoms with Crippen molar-refractivity contribution in [2.45, 2.75) is 13.1 Å². The van der Waals surface area contributed by atoms with Gasteiger partial charge in [0.05, 0.1) is 10.4 Å². The molecule has 0 saturated carbocycles. The van der Waals surface area contributed by atoms with Crippen molar-refractivity contribution in [1.82, 2.24) is 4.98 Å². The molecule has 0 aliphatic carbocycles. The van der Waals surface area contributed by atoms with Crippen molar-refractivity contribution in [3.05, 3.63) is 40.7 Å². The van der Waals surface area contributed by atoms with Gasteiger partial charge in [0.15, 0.2) is 5.78 Å². The molecule has 0 N–H and O–H groups in total. The van der Waals surface area contributed by atoms with Gasteiger partial charge in [0.2, 0.25) is 0 Å². The minimum absolute atomic E-state index is 0.0498. The number of halogens is 4. The van der Waals surface area contributed by atoms with Gasteiger partial charge in [0.25, 0.3) is 0 Å². The van der Waals surface area contributed by atoms with Crippen LogP contribution >= 0.6 is 11.3 Å². The lowest BCUT2D eigenvalue weighted by molar-refractivity contribution is -0.137. The highest BCUT2D eigenvalue weighted by Gasteiger charge is 2.31. The number of ketones is 1. The zero-order valence-electron chi connectivity index (χ0n) is 9.58. The molecule has 0 amide bonds. The number of nitrogens with zero attached hydrogens (tertiary/aromatic N) is 1. The predicted molar refractivity (Wildman–Crippen MR) is 62.5 cm³/mol. The van der Waals surface area contributed by atoms with E-state index in [2.05, 4.69) is 4.98 Å². The van der Waals surface area contributed by atoms with E-state index in [1.54, 1.807) is 0 Å². The van der Waals surface area contributed by atoms with Gasteiger partial charge in [-0.25, -0.2) is 9.37 Å². The van der Waals surface area contributed by atoms with Gasteiger partial charge in [-0.3, -0.25) is 4.79 Å². The maximum atomic E-state index is 13.6. The van der Waals surface area contributed by atoms with Crippen molar-refractivity contribution < 1.29 is 22.4 Å². The fourth-order valence-corrected chi connectivity index (χ4v) is 2.26. The number of carbonyl (C=O) groups excluding carboxylic acids is 1. The van der Waals surface area contributed by atoms with Crippen molar-refractivity contribution in [3.8, 4) is 10.6 Å². The molecule has 2 nitrogen and oxygen atoms in total. The van der Waals surface area contributed by atoms with Crippen LogP contribution in [-0.2, 0) is 6.18 Å². The van der Waals surface area contributed by atoms with Gasteiger partial charge >= 0.3 is 6.18 Å². The summed E-state index contributed by atoms with van der Waals surface area (Å²) >= 11 is 0.860. The number of thiazole rings is 1. The number of benzene rings is 1. The van der Waals surface area contributed by atoms with E-state index in [-0.39, 0.29) is 21.2 Å². The Labute approximate surface area is 109 Å². The Hall–Kier alpha value is -1.76. The van der Waals surface area contributed by atoms with Crippen LogP contribution in [0.15, 0.2) is 24.4 Å². The van der Waals surface area contributed by atoms with E-state index >= 15 is 0 Å². The largest absolute Gasteiger partial charge is 0.416 e. The molecule has 0 atom stereocenters. The number of aromatic nitrogens is 1. The first kappa shape index (κ1) is 13.7. The van der Waals surface area contributed by atoms with Crippen molar-refractivity contribution in [1.29, 1.82) is 0 Å². The first-order valence-electron chi connectivity index (χ1n) is 5.13. The Kier molecular flexibility index (Phi) is 3.40. The van der Waals surface area contributed by atoms with Crippen LogP contribution in [0, 0.1) is 5.82 Å². The van der Waals surface area contributed by atoms with Crippen molar-refractivity contribution in [3.63, 3.8) is 0 Å². The number of hydrogen-bond acceptors (Lipinski definition) is 3. The molecule has 2 rings (SSSR count). The van der Waals surface area contributed by atoms with Crippen molar-refractivity contribution in [2.75, 3.05) is 0 Å². The average Bonchev–Trinajstić information content (AvgIpc) is 2.77. The van der Waals surface area contributed by atoms with Crippen LogP contribution < -0.4 is 0 Å². The molecular weight excluding hydrogens is 282 g/mol. The quantitative estimate of drug-likeness (QED) is 0.613. The molecule has 100 valence electrons. The standard InChI is InChI=1S/C12H7F4NOS/c1-6(18)10-5-17-11(19-10)8-4-7(12(14,15)16)2-3-9(8)13/h2-5H,1H3. The average molecular weight is 289 g/mol. The van der Waals surface area contributed by atoms with Gasteiger partial charge in [-0.15, -0.1) is 11.3 Å². The zero-order chi connectivity index (χ0) is 14.2. The third-order valence-corrected chi connectivity index (χ3v) is 3.51. The fraction of sp³-hybridized carbons (Fsp3) is 0.167. The monoisotopic (exact) mass is 289 g/mol. The Morgan fingerprint density at radius 1 is 1.32 bits per heavy atom. The third kappa shape index (κ3) is 2.81. The van der Waals surface area contributed by atoms with Crippen LogP contribution in [0.3, 0.4) is 0 Å². The zero-order valence-corrected chi connectivity index (χ0v) is 10.4. The van der Waals surface area contributed by atoms with E-state index in [1.807, 2.05) is 0 Å². The van der Waals surface area contributed by atoms with Gasteiger partial charge in [-0.2, -0.15) is 13.2 Å². The van der Waals surface area contributed by atoms with E-state index < -0.39 is 17.6 Å². The highest BCUT2D eigenvalue weighted by Crippen LogP contribution is 2.34. The Balaban J connectivity index is 2.51. The Morgan fingerprint density at radius 2 is 2.00 bits per heavy atom. The summed E-state index contributed by atoms with van der Waals surface area (Å²) in [4.78, 5) is 15.2. The molecule has 2 aromatic rings. The summed E-state index contributed by atoms with van der Waals surface area (Å²) in [7, 11) is 0. The number of hydrogen-bond donors (Lipinski definition) is 0. The SMILES string of the molecule is CC(=O)c1cnc(-c2cc(C(F)(F)F)ccc2F)s1. The van der Waals surface area contributed by atoms with Crippen LogP contribution in [0.5, 0.6) is 0 Å². The van der Waals surface area contributed by atoms with Gasteiger partial charge < -0.3 is 0 Å². The highest BCUT2D eigenvalue weighted by molar-refractivity contribution is 7.16. The lowest BCUT2D eigenvalue weighted by atomic mass is 10.1. The first-order valence-corrected chi connectivity index (χ1v) is 5.94. The first-order chi connectivity index (χ1) is 8.79. The topological polar surface area (TPSA) is 30.0 Å². The van der Waals surface area contributed by atoms with Crippen LogP contribution in [0.4, 0.5) is 17.6 Å². The number of Topliss-reactive ketones (excluding diaryl/α,β-unsaturated/α-hetero) is 1. The van der Waals surface area contributed by atoms with Crippen molar-refractivity contribution >= 4 is 17.1 Å². The molecule has 0 fully saturated rings. The summed E-state index contributed by atoms with van der Waals surface area (Å²) in [5.74, 6) is -1.08. The van der Waals surface area contributed by atoms with Crippen LogP contribution in [-0.4, -0.2) is 10.8 Å². The molecule has 0 unspecified atom stereocenters. The lowest BCUT2D eigenvalue weighted by Crippen LogP contribution is -2.05. The molecule has 0 saturated heterocycles. The van der Waals surface area contributed by atoms with Crippen molar-refractivity contribution in [2.24, 2.45) is 0 Å². The smallest absolute Gasteiger partial charge is 0.294 e. The Morgan fingerprint density at radius 3 is 2.53 bits per heavy atom. The predicted octanol–water partition coefficient (Wildman–Crippen LogP) is 4.17. The van der Waals surface area contributed by atoms with Crippen LogP contribution in [0.25, 0.3) is 10.6 Å². The summed E-state index contributed by atoms with van der Waals surface area (Å²) in [5.41, 5.74) is -1.21. The summed E-state index contributed by atoms with van der Waals surface area (Å²) < 4.78 is 51.2. The van der Waals surface area contributed by atoms with E-state index in [4.69, 9.17) is 0 Å². The molecule has 0 aliphatic heterocycles. The summed E-state index contributed by atoms with van der Waals surface area (Å²) in [5, 5.41) is 0.0498. The summed E-state index contributed by atoms with van der Waals surface area (Å²) in [6.07, 6.45) is -3.33. The van der Waals surface area contributed by atoms with E-state index in [1.165, 1.54) is 13.1 Å². The maximum Gasteiger partial charge on any atom is 0.416 e. The third-order valence-electron chi connectivity index (χ3n) is 2.38.